The molecule has 0 saturated heterocycles. The number of fused-ring (bicyclic) bond motifs is 2. The molecule has 0 bridgehead atoms. The van der Waals surface area contributed by atoms with Gasteiger partial charge >= 0.3 is 0 Å². The maximum absolute atomic E-state index is 12.7. The summed E-state index contributed by atoms with van der Waals surface area (Å²) >= 11 is 0. The molecule has 2 aliphatic rings. The summed E-state index contributed by atoms with van der Waals surface area (Å²) in [4.78, 5) is 24.3. The number of Topliss-reactive ketones (excluding diaryl/α,β-unsaturated/α-hetero) is 1. The normalized spacial score (nSPS) is 20.6. The monoisotopic (exact) mass is 414 g/mol. The standard InChI is InChI=1S/C17H22N2O2.HI/c1-19(2,3)10-13-5-4-11-8-12-6-7-16(20)18-15(12)9-14(11)17(13)21;/h8-9,13H,4-7,10H2,1-3H3;1H. The number of rotatable bonds is 2. The molecule has 1 amide bonds. The zero-order valence-electron chi connectivity index (χ0n) is 13.4. The van der Waals surface area contributed by atoms with Crippen LogP contribution >= 0.6 is 0 Å². The zero-order chi connectivity index (χ0) is 15.2. The number of quaternary nitrogens is 1. The molecule has 120 valence electrons. The van der Waals surface area contributed by atoms with Gasteiger partial charge in [-0.3, -0.25) is 9.59 Å². The maximum atomic E-state index is 12.7. The van der Waals surface area contributed by atoms with Gasteiger partial charge in [0.15, 0.2) is 5.78 Å². The number of aryl methyl sites for hydroxylation is 2. The molecule has 5 heteroatoms. The molecule has 1 aromatic carbocycles. The van der Waals surface area contributed by atoms with E-state index in [-0.39, 0.29) is 41.6 Å². The predicted molar refractivity (Wildman–Crippen MR) is 82.4 cm³/mol. The molecule has 22 heavy (non-hydrogen) atoms. The molecule has 1 heterocycles. The minimum atomic E-state index is 0. The second-order valence-corrected chi connectivity index (χ2v) is 7.29. The van der Waals surface area contributed by atoms with Crippen LogP contribution in [0.4, 0.5) is 5.69 Å². The number of halogens is 1. The quantitative estimate of drug-likeness (QED) is 0.500. The van der Waals surface area contributed by atoms with Crippen LogP contribution in [0.3, 0.4) is 0 Å². The minimum absolute atomic E-state index is 0. The Kier molecular flexibility index (Phi) is 4.96. The van der Waals surface area contributed by atoms with E-state index in [1.54, 1.807) is 0 Å². The van der Waals surface area contributed by atoms with Crippen molar-refractivity contribution in [2.45, 2.75) is 25.7 Å². The molecule has 1 atom stereocenters. The summed E-state index contributed by atoms with van der Waals surface area (Å²) in [5.41, 5.74) is 3.99. The number of hydrogen-bond acceptors (Lipinski definition) is 2. The Balaban J connectivity index is 0.00000176. The summed E-state index contributed by atoms with van der Waals surface area (Å²) in [7, 11) is 6.36. The van der Waals surface area contributed by atoms with Crippen molar-refractivity contribution in [3.63, 3.8) is 0 Å². The van der Waals surface area contributed by atoms with Gasteiger partial charge in [0.2, 0.25) is 5.91 Å². The van der Waals surface area contributed by atoms with E-state index in [1.165, 1.54) is 5.56 Å². The number of benzene rings is 1. The number of anilines is 1. The molecule has 1 aliphatic carbocycles. The second kappa shape index (κ2) is 6.28. The molecule has 0 radical (unpaired) electrons. The molecule has 0 spiro atoms. The van der Waals surface area contributed by atoms with Crippen LogP contribution in [-0.4, -0.2) is 43.9 Å². The highest BCUT2D eigenvalue weighted by molar-refractivity contribution is 6.03. The van der Waals surface area contributed by atoms with E-state index < -0.39 is 0 Å². The first kappa shape index (κ1) is 17.4. The Morgan fingerprint density at radius 3 is 2.50 bits per heavy atom. The van der Waals surface area contributed by atoms with Crippen molar-refractivity contribution in [1.82, 2.24) is 0 Å². The van der Waals surface area contributed by atoms with Crippen molar-refractivity contribution in [2.24, 2.45) is 5.92 Å². The van der Waals surface area contributed by atoms with Crippen molar-refractivity contribution in [3.8, 4) is 0 Å². The third-order valence-corrected chi connectivity index (χ3v) is 4.39. The van der Waals surface area contributed by atoms with Crippen LogP contribution in [0.15, 0.2) is 12.1 Å². The van der Waals surface area contributed by atoms with Crippen molar-refractivity contribution >= 4 is 17.4 Å². The number of amides is 1. The third kappa shape index (κ3) is 3.51. The van der Waals surface area contributed by atoms with E-state index in [1.807, 2.05) is 6.07 Å². The Labute approximate surface area is 148 Å². The van der Waals surface area contributed by atoms with Gasteiger partial charge in [-0.05, 0) is 36.5 Å². The first-order valence-electron chi connectivity index (χ1n) is 7.64. The highest BCUT2D eigenvalue weighted by Gasteiger charge is 2.32. The number of nitrogens with zero attached hydrogens (tertiary/aromatic N) is 1. The van der Waals surface area contributed by atoms with Crippen molar-refractivity contribution in [3.05, 3.63) is 28.8 Å². The molecule has 0 fully saturated rings. The summed E-state index contributed by atoms with van der Waals surface area (Å²) in [5, 5.41) is 2.90. The van der Waals surface area contributed by atoms with Crippen LogP contribution in [0.25, 0.3) is 0 Å². The number of hydrogen-bond donors (Lipinski definition) is 1. The van der Waals surface area contributed by atoms with Gasteiger partial charge in [0, 0.05) is 17.7 Å². The van der Waals surface area contributed by atoms with Gasteiger partial charge in [-0.2, -0.15) is 0 Å². The maximum Gasteiger partial charge on any atom is 0.224 e. The number of carbonyl (C=O) groups is 2. The topological polar surface area (TPSA) is 46.2 Å². The van der Waals surface area contributed by atoms with Crippen LogP contribution in [-0.2, 0) is 17.6 Å². The summed E-state index contributed by atoms with van der Waals surface area (Å²) in [6.45, 7) is 0.863. The van der Waals surface area contributed by atoms with E-state index in [2.05, 4.69) is 32.5 Å². The Morgan fingerprint density at radius 2 is 1.82 bits per heavy atom. The lowest BCUT2D eigenvalue weighted by atomic mass is 9.80. The van der Waals surface area contributed by atoms with Crippen LogP contribution in [0.5, 0.6) is 0 Å². The largest absolute Gasteiger partial charge is 1.00 e. The van der Waals surface area contributed by atoms with Gasteiger partial charge in [-0.25, -0.2) is 0 Å². The lowest BCUT2D eigenvalue weighted by molar-refractivity contribution is -0.872. The Morgan fingerprint density at radius 1 is 1.09 bits per heavy atom. The zero-order valence-corrected chi connectivity index (χ0v) is 15.6. The molecule has 1 aliphatic heterocycles. The van der Waals surface area contributed by atoms with Gasteiger partial charge < -0.3 is 33.8 Å². The lowest BCUT2D eigenvalue weighted by Crippen LogP contribution is -3.00. The first-order chi connectivity index (χ1) is 9.83. The molecule has 4 nitrogen and oxygen atoms in total. The molecule has 0 aromatic heterocycles. The average Bonchev–Trinajstić information content (AvgIpc) is 2.39. The average molecular weight is 414 g/mol. The predicted octanol–water partition coefficient (Wildman–Crippen LogP) is -0.973. The summed E-state index contributed by atoms with van der Waals surface area (Å²) in [5.74, 6) is 0.385. The molecule has 1 unspecified atom stereocenters. The summed E-state index contributed by atoms with van der Waals surface area (Å²) in [6.07, 6.45) is 3.23. The van der Waals surface area contributed by atoms with Crippen LogP contribution in [0.1, 0.15) is 34.3 Å². The van der Waals surface area contributed by atoms with Gasteiger partial charge in [-0.15, -0.1) is 0 Å². The Hall–Kier alpha value is -0.950. The van der Waals surface area contributed by atoms with E-state index >= 15 is 0 Å². The molecule has 1 N–H and O–H groups in total. The summed E-state index contributed by atoms with van der Waals surface area (Å²) < 4.78 is 0.799. The van der Waals surface area contributed by atoms with Gasteiger partial charge in [0.25, 0.3) is 0 Å². The number of nitrogens with one attached hydrogen (secondary N) is 1. The fourth-order valence-electron chi connectivity index (χ4n) is 3.43. The highest BCUT2D eigenvalue weighted by Crippen LogP contribution is 2.33. The second-order valence-electron chi connectivity index (χ2n) is 7.29. The Bertz CT molecular complexity index is 620. The first-order valence-corrected chi connectivity index (χ1v) is 7.64. The fourth-order valence-corrected chi connectivity index (χ4v) is 3.43. The van der Waals surface area contributed by atoms with Gasteiger partial charge in [-0.1, -0.05) is 6.07 Å². The highest BCUT2D eigenvalue weighted by atomic mass is 127. The molecule has 0 saturated carbocycles. The van der Waals surface area contributed by atoms with Crippen molar-refractivity contribution in [1.29, 1.82) is 0 Å². The van der Waals surface area contributed by atoms with E-state index in [0.717, 1.165) is 47.1 Å². The number of ketones is 1. The lowest BCUT2D eigenvalue weighted by Gasteiger charge is -2.32. The van der Waals surface area contributed by atoms with Crippen LogP contribution in [0, 0.1) is 5.92 Å². The van der Waals surface area contributed by atoms with Gasteiger partial charge in [0.1, 0.15) is 0 Å². The summed E-state index contributed by atoms with van der Waals surface area (Å²) in [6, 6.07) is 4.04. The SMILES string of the molecule is C[N+](C)(C)CC1CCc2cc3c(cc2C1=O)NC(=O)CC3.[I-]. The smallest absolute Gasteiger partial charge is 0.224 e. The van der Waals surface area contributed by atoms with Gasteiger partial charge in [0.05, 0.1) is 33.6 Å². The van der Waals surface area contributed by atoms with Crippen molar-refractivity contribution < 1.29 is 38.0 Å². The van der Waals surface area contributed by atoms with E-state index in [0.29, 0.717) is 6.42 Å². The molecular formula is C17H23IN2O2. The minimum Gasteiger partial charge on any atom is -1.00 e. The molecule has 1 aromatic rings. The number of carbonyl (C=O) groups excluding carboxylic acids is 2. The molecular weight excluding hydrogens is 391 g/mol. The third-order valence-electron chi connectivity index (χ3n) is 4.39. The van der Waals surface area contributed by atoms with E-state index in [4.69, 9.17) is 0 Å². The van der Waals surface area contributed by atoms with Crippen LogP contribution < -0.4 is 29.3 Å². The van der Waals surface area contributed by atoms with Crippen molar-refractivity contribution in [2.75, 3.05) is 33.0 Å². The van der Waals surface area contributed by atoms with E-state index in [9.17, 15) is 9.59 Å². The molecule has 3 rings (SSSR count). The fraction of sp³-hybridized carbons (Fsp3) is 0.529. The van der Waals surface area contributed by atoms with Crippen LogP contribution in [0.2, 0.25) is 0 Å².